The standard InChI is InChI=1S/C13H19NO3/c1-4-11-10-8-13(17-3)12(16-2)7-9(10)5-6-14(11)15/h7-8,11,15H,4-6H2,1-3H3. The van der Waals surface area contributed by atoms with E-state index in [2.05, 4.69) is 6.92 Å². The lowest BCUT2D eigenvalue weighted by Crippen LogP contribution is -2.32. The number of hydrogen-bond acceptors (Lipinski definition) is 4. The zero-order valence-corrected chi connectivity index (χ0v) is 10.6. The molecular weight excluding hydrogens is 218 g/mol. The van der Waals surface area contributed by atoms with Gasteiger partial charge >= 0.3 is 0 Å². The van der Waals surface area contributed by atoms with E-state index in [4.69, 9.17) is 9.47 Å². The van der Waals surface area contributed by atoms with Crippen LogP contribution in [0.25, 0.3) is 0 Å². The van der Waals surface area contributed by atoms with Crippen LogP contribution in [-0.4, -0.2) is 31.0 Å². The summed E-state index contributed by atoms with van der Waals surface area (Å²) in [5.41, 5.74) is 2.37. The van der Waals surface area contributed by atoms with Crippen LogP contribution in [0, 0.1) is 0 Å². The number of hydrogen-bond donors (Lipinski definition) is 1. The molecule has 1 heterocycles. The zero-order chi connectivity index (χ0) is 12.4. The number of rotatable bonds is 3. The molecule has 17 heavy (non-hydrogen) atoms. The minimum Gasteiger partial charge on any atom is -0.493 e. The molecule has 1 aromatic carbocycles. The Morgan fingerprint density at radius 3 is 2.53 bits per heavy atom. The lowest BCUT2D eigenvalue weighted by atomic mass is 9.92. The Morgan fingerprint density at radius 1 is 1.29 bits per heavy atom. The number of hydroxylamine groups is 2. The Kier molecular flexibility index (Phi) is 3.54. The van der Waals surface area contributed by atoms with Crippen molar-refractivity contribution in [3.8, 4) is 11.5 Å². The minimum atomic E-state index is 0.0542. The Labute approximate surface area is 102 Å². The molecule has 1 atom stereocenters. The van der Waals surface area contributed by atoms with Crippen molar-refractivity contribution in [1.82, 2.24) is 5.06 Å². The second-order valence-electron chi connectivity index (χ2n) is 4.24. The first-order valence-corrected chi connectivity index (χ1v) is 5.91. The van der Waals surface area contributed by atoms with Gasteiger partial charge in [-0.1, -0.05) is 6.92 Å². The first kappa shape index (κ1) is 12.2. The van der Waals surface area contributed by atoms with Crippen LogP contribution in [0.1, 0.15) is 30.5 Å². The van der Waals surface area contributed by atoms with Crippen molar-refractivity contribution in [1.29, 1.82) is 0 Å². The van der Waals surface area contributed by atoms with Gasteiger partial charge in [0.15, 0.2) is 11.5 Å². The summed E-state index contributed by atoms with van der Waals surface area (Å²) in [5, 5.41) is 11.3. The van der Waals surface area contributed by atoms with Gasteiger partial charge in [-0.25, -0.2) is 0 Å². The number of benzene rings is 1. The Balaban J connectivity index is 2.48. The molecule has 2 rings (SSSR count). The van der Waals surface area contributed by atoms with Gasteiger partial charge in [-0.2, -0.15) is 5.06 Å². The fraction of sp³-hybridized carbons (Fsp3) is 0.538. The summed E-state index contributed by atoms with van der Waals surface area (Å²) < 4.78 is 10.6. The fourth-order valence-corrected chi connectivity index (χ4v) is 2.45. The topological polar surface area (TPSA) is 41.9 Å². The summed E-state index contributed by atoms with van der Waals surface area (Å²) >= 11 is 0. The second-order valence-corrected chi connectivity index (χ2v) is 4.24. The summed E-state index contributed by atoms with van der Waals surface area (Å²) in [5.74, 6) is 1.48. The third kappa shape index (κ3) is 2.10. The van der Waals surface area contributed by atoms with Gasteiger partial charge in [0.05, 0.1) is 20.3 Å². The van der Waals surface area contributed by atoms with E-state index < -0.39 is 0 Å². The van der Waals surface area contributed by atoms with Crippen molar-refractivity contribution in [2.24, 2.45) is 0 Å². The van der Waals surface area contributed by atoms with Crippen molar-refractivity contribution < 1.29 is 14.7 Å². The molecule has 0 amide bonds. The van der Waals surface area contributed by atoms with E-state index in [0.717, 1.165) is 29.9 Å². The maximum Gasteiger partial charge on any atom is 0.161 e. The van der Waals surface area contributed by atoms with Crippen LogP contribution >= 0.6 is 0 Å². The van der Waals surface area contributed by atoms with Gasteiger partial charge in [0.2, 0.25) is 0 Å². The van der Waals surface area contributed by atoms with E-state index in [1.165, 1.54) is 10.6 Å². The third-order valence-corrected chi connectivity index (χ3v) is 3.36. The van der Waals surface area contributed by atoms with E-state index in [1.54, 1.807) is 14.2 Å². The fourth-order valence-electron chi connectivity index (χ4n) is 2.45. The molecule has 0 aliphatic carbocycles. The van der Waals surface area contributed by atoms with Crippen molar-refractivity contribution >= 4 is 0 Å². The van der Waals surface area contributed by atoms with Gasteiger partial charge in [-0.3, -0.25) is 0 Å². The van der Waals surface area contributed by atoms with Gasteiger partial charge in [0, 0.05) is 6.54 Å². The molecule has 0 radical (unpaired) electrons. The molecule has 0 saturated carbocycles. The molecule has 0 fully saturated rings. The Bertz CT molecular complexity index is 406. The molecule has 4 nitrogen and oxygen atoms in total. The summed E-state index contributed by atoms with van der Waals surface area (Å²) in [7, 11) is 3.27. The molecule has 1 aromatic rings. The van der Waals surface area contributed by atoms with E-state index >= 15 is 0 Å². The Hall–Kier alpha value is -1.26. The summed E-state index contributed by atoms with van der Waals surface area (Å²) in [6.07, 6.45) is 1.71. The highest BCUT2D eigenvalue weighted by Gasteiger charge is 2.26. The van der Waals surface area contributed by atoms with Gasteiger partial charge in [0.25, 0.3) is 0 Å². The maximum absolute atomic E-state index is 9.87. The molecule has 94 valence electrons. The summed E-state index contributed by atoms with van der Waals surface area (Å²) in [6, 6.07) is 4.05. The molecule has 1 aliphatic heterocycles. The molecule has 0 saturated heterocycles. The molecule has 0 bridgehead atoms. The monoisotopic (exact) mass is 237 g/mol. The molecule has 0 aromatic heterocycles. The van der Waals surface area contributed by atoms with Crippen molar-refractivity contribution in [3.63, 3.8) is 0 Å². The molecule has 1 aliphatic rings. The molecule has 1 unspecified atom stereocenters. The van der Waals surface area contributed by atoms with Crippen LogP contribution in [0.4, 0.5) is 0 Å². The van der Waals surface area contributed by atoms with Crippen LogP contribution in [0.3, 0.4) is 0 Å². The first-order valence-electron chi connectivity index (χ1n) is 5.91. The maximum atomic E-state index is 9.87. The average molecular weight is 237 g/mol. The largest absolute Gasteiger partial charge is 0.493 e. The van der Waals surface area contributed by atoms with Crippen LogP contribution < -0.4 is 9.47 Å². The van der Waals surface area contributed by atoms with Crippen LogP contribution in [0.5, 0.6) is 11.5 Å². The van der Waals surface area contributed by atoms with E-state index in [-0.39, 0.29) is 6.04 Å². The average Bonchev–Trinajstić information content (AvgIpc) is 2.37. The lowest BCUT2D eigenvalue weighted by Gasteiger charge is -2.32. The predicted octanol–water partition coefficient (Wildman–Crippen LogP) is 2.40. The van der Waals surface area contributed by atoms with Gasteiger partial charge < -0.3 is 14.7 Å². The van der Waals surface area contributed by atoms with Crippen molar-refractivity contribution in [2.45, 2.75) is 25.8 Å². The van der Waals surface area contributed by atoms with Crippen molar-refractivity contribution in [2.75, 3.05) is 20.8 Å². The number of methoxy groups -OCH3 is 2. The van der Waals surface area contributed by atoms with Crippen LogP contribution in [-0.2, 0) is 6.42 Å². The molecule has 0 spiro atoms. The zero-order valence-electron chi connectivity index (χ0n) is 10.6. The van der Waals surface area contributed by atoms with E-state index in [9.17, 15) is 5.21 Å². The summed E-state index contributed by atoms with van der Waals surface area (Å²) in [6.45, 7) is 2.74. The van der Waals surface area contributed by atoms with Crippen molar-refractivity contribution in [3.05, 3.63) is 23.3 Å². The minimum absolute atomic E-state index is 0.0542. The van der Waals surface area contributed by atoms with Crippen LogP contribution in [0.2, 0.25) is 0 Å². The van der Waals surface area contributed by atoms with E-state index in [1.807, 2.05) is 12.1 Å². The lowest BCUT2D eigenvalue weighted by molar-refractivity contribution is -0.134. The molecule has 1 N–H and O–H groups in total. The number of ether oxygens (including phenoxy) is 2. The molecular formula is C13H19NO3. The Morgan fingerprint density at radius 2 is 1.94 bits per heavy atom. The third-order valence-electron chi connectivity index (χ3n) is 3.36. The van der Waals surface area contributed by atoms with Crippen LogP contribution in [0.15, 0.2) is 12.1 Å². The predicted molar refractivity (Wildman–Crippen MR) is 64.8 cm³/mol. The number of nitrogens with zero attached hydrogens (tertiary/aromatic N) is 1. The van der Waals surface area contributed by atoms with Gasteiger partial charge in [-0.15, -0.1) is 0 Å². The second kappa shape index (κ2) is 4.94. The summed E-state index contributed by atoms with van der Waals surface area (Å²) in [4.78, 5) is 0. The number of fused-ring (bicyclic) bond motifs is 1. The normalized spacial score (nSPS) is 19.9. The first-order chi connectivity index (χ1) is 8.21. The SMILES string of the molecule is CCC1c2cc(OC)c(OC)cc2CCN1O. The highest BCUT2D eigenvalue weighted by Crippen LogP contribution is 2.38. The van der Waals surface area contributed by atoms with Gasteiger partial charge in [0.1, 0.15) is 0 Å². The molecule has 4 heteroatoms. The smallest absolute Gasteiger partial charge is 0.161 e. The highest BCUT2D eigenvalue weighted by molar-refractivity contribution is 5.49. The van der Waals surface area contributed by atoms with E-state index in [0.29, 0.717) is 6.54 Å². The highest BCUT2D eigenvalue weighted by atomic mass is 16.5. The quantitative estimate of drug-likeness (QED) is 0.876. The van der Waals surface area contributed by atoms with Gasteiger partial charge in [-0.05, 0) is 36.1 Å².